The Labute approximate surface area is 275 Å². The van der Waals surface area contributed by atoms with Crippen LogP contribution >= 0.6 is 58.5 Å². The van der Waals surface area contributed by atoms with Gasteiger partial charge in [0.25, 0.3) is 0 Å². The monoisotopic (exact) mass is 699 g/mol. The van der Waals surface area contributed by atoms with Gasteiger partial charge in [0, 0.05) is 24.6 Å². The van der Waals surface area contributed by atoms with Gasteiger partial charge >= 0.3 is 17.3 Å². The highest BCUT2D eigenvalue weighted by Gasteiger charge is 2.28. The van der Waals surface area contributed by atoms with Crippen LogP contribution in [-0.2, 0) is 26.8 Å². The number of benzene rings is 2. The molecule has 2 aromatic heterocycles. The van der Waals surface area contributed by atoms with Crippen LogP contribution in [0.5, 0.6) is 0 Å². The van der Waals surface area contributed by atoms with Gasteiger partial charge in [0.2, 0.25) is 5.13 Å². The van der Waals surface area contributed by atoms with Crippen molar-refractivity contribution in [3.63, 3.8) is 0 Å². The standard InChI is InChI=1S/C27H27Cl2N5O5S4/c1-5-12-41-27(40)31-24-22(17-10-11-19(28)20(29)14-17)30-26(42-24)34-23(25(35)38-4)18(15(2)32-34)13-16-8-6-7-9-21(16)33(3)39-43(36)37/h6-11,14H,5,12-13H2,1-4H3,(H,31,40)(H,36,37). The number of rotatable bonds is 11. The number of hydroxylamine groups is 1. The number of esters is 1. The summed E-state index contributed by atoms with van der Waals surface area (Å²) in [4.78, 5) is 18.1. The van der Waals surface area contributed by atoms with E-state index in [1.165, 1.54) is 47.0 Å². The smallest absolute Gasteiger partial charge is 0.357 e. The van der Waals surface area contributed by atoms with Crippen molar-refractivity contribution in [3.05, 3.63) is 75.0 Å². The Hall–Kier alpha value is -2.56. The zero-order valence-electron chi connectivity index (χ0n) is 23.4. The summed E-state index contributed by atoms with van der Waals surface area (Å²) in [6.45, 7) is 3.86. The molecule has 0 aliphatic heterocycles. The van der Waals surface area contributed by atoms with E-state index in [0.717, 1.165) is 17.7 Å². The van der Waals surface area contributed by atoms with Crippen LogP contribution in [0.15, 0.2) is 42.5 Å². The Morgan fingerprint density at radius 2 is 2.00 bits per heavy atom. The van der Waals surface area contributed by atoms with Crippen LogP contribution in [0.4, 0.5) is 10.7 Å². The van der Waals surface area contributed by atoms with Crippen molar-refractivity contribution >= 4 is 90.9 Å². The molecule has 0 aliphatic rings. The first-order valence-corrected chi connectivity index (χ1v) is 16.7. The maximum absolute atomic E-state index is 13.2. The van der Waals surface area contributed by atoms with Crippen molar-refractivity contribution in [2.45, 2.75) is 26.7 Å². The first-order valence-electron chi connectivity index (χ1n) is 12.7. The molecular weight excluding hydrogens is 674 g/mol. The van der Waals surface area contributed by atoms with Crippen molar-refractivity contribution < 1.29 is 22.6 Å². The number of halogens is 2. The molecule has 0 saturated carbocycles. The first kappa shape index (κ1) is 33.3. The molecule has 16 heteroatoms. The molecule has 10 nitrogen and oxygen atoms in total. The van der Waals surface area contributed by atoms with Gasteiger partial charge in [-0.3, -0.25) is 4.55 Å². The Balaban J connectivity index is 1.83. The number of methoxy groups -OCH3 is 1. The zero-order valence-corrected chi connectivity index (χ0v) is 28.2. The van der Waals surface area contributed by atoms with E-state index >= 15 is 0 Å². The number of thioether (sulfide) groups is 1. The molecule has 0 saturated heterocycles. The van der Waals surface area contributed by atoms with Crippen LogP contribution in [0, 0.1) is 6.92 Å². The fraction of sp³-hybridized carbons (Fsp3) is 0.259. The number of hydrogen-bond donors (Lipinski definition) is 2. The number of ether oxygens (including phenoxy) is 1. The van der Waals surface area contributed by atoms with Gasteiger partial charge in [0.15, 0.2) is 5.69 Å². The molecule has 0 bridgehead atoms. The van der Waals surface area contributed by atoms with Gasteiger partial charge in [-0.25, -0.2) is 14.8 Å². The van der Waals surface area contributed by atoms with Crippen LogP contribution in [0.3, 0.4) is 0 Å². The summed E-state index contributed by atoms with van der Waals surface area (Å²) in [7, 11) is 2.81. The van der Waals surface area contributed by atoms with E-state index < -0.39 is 17.3 Å². The lowest BCUT2D eigenvalue weighted by molar-refractivity contribution is 0.0589. The van der Waals surface area contributed by atoms with Gasteiger partial charge in [-0.2, -0.15) is 14.0 Å². The normalized spacial score (nSPS) is 11.8. The van der Waals surface area contributed by atoms with Crippen molar-refractivity contribution in [1.82, 2.24) is 14.8 Å². The largest absolute Gasteiger partial charge is 0.464 e. The molecule has 0 radical (unpaired) electrons. The molecule has 0 aliphatic carbocycles. The van der Waals surface area contributed by atoms with Crippen molar-refractivity contribution in [2.24, 2.45) is 0 Å². The summed E-state index contributed by atoms with van der Waals surface area (Å²) in [6.07, 6.45) is 1.20. The number of para-hydroxylation sites is 1. The highest BCUT2D eigenvalue weighted by atomic mass is 35.5. The number of carbonyl (C=O) groups excluding carboxylic acids is 1. The van der Waals surface area contributed by atoms with E-state index in [9.17, 15) is 13.6 Å². The third-order valence-electron chi connectivity index (χ3n) is 6.08. The van der Waals surface area contributed by atoms with Gasteiger partial charge in [0.1, 0.15) is 15.0 Å². The molecule has 2 N–H and O–H groups in total. The minimum absolute atomic E-state index is 0.188. The average Bonchev–Trinajstić information content (AvgIpc) is 3.53. The molecule has 4 rings (SSSR count). The van der Waals surface area contributed by atoms with Crippen LogP contribution < -0.4 is 10.4 Å². The number of aromatic nitrogens is 3. The van der Waals surface area contributed by atoms with E-state index in [1.54, 1.807) is 37.3 Å². The third-order valence-corrected chi connectivity index (χ3v) is 9.55. The maximum Gasteiger partial charge on any atom is 0.357 e. The van der Waals surface area contributed by atoms with Crippen molar-refractivity contribution in [2.75, 3.05) is 30.3 Å². The highest BCUT2D eigenvalue weighted by molar-refractivity contribution is 8.23. The lowest BCUT2D eigenvalue weighted by atomic mass is 10.0. The first-order chi connectivity index (χ1) is 20.5. The quantitative estimate of drug-likeness (QED) is 0.0709. The van der Waals surface area contributed by atoms with Crippen LogP contribution in [-0.4, -0.2) is 53.7 Å². The molecule has 0 spiro atoms. The number of carbonyl (C=O) groups is 1. The number of nitrogens with zero attached hydrogens (tertiary/aromatic N) is 4. The Morgan fingerprint density at radius 3 is 2.67 bits per heavy atom. The Bertz CT molecular complexity index is 1680. The molecule has 2 heterocycles. The van der Waals surface area contributed by atoms with Crippen LogP contribution in [0.25, 0.3) is 16.4 Å². The molecule has 1 unspecified atom stereocenters. The minimum Gasteiger partial charge on any atom is -0.464 e. The number of anilines is 2. The molecule has 0 amide bonds. The number of nitrogens with one attached hydrogen (secondary N) is 1. The average molecular weight is 701 g/mol. The molecule has 4 aromatic rings. The minimum atomic E-state index is -2.52. The molecule has 43 heavy (non-hydrogen) atoms. The van der Waals surface area contributed by atoms with E-state index in [2.05, 4.69) is 12.2 Å². The molecule has 0 fully saturated rings. The molecular formula is C27H27Cl2N5O5S4. The summed E-state index contributed by atoms with van der Waals surface area (Å²) in [6, 6.07) is 12.4. The van der Waals surface area contributed by atoms with Crippen LogP contribution in [0.2, 0.25) is 10.0 Å². The van der Waals surface area contributed by atoms with Crippen molar-refractivity contribution in [1.29, 1.82) is 0 Å². The second-order valence-corrected chi connectivity index (χ2v) is 13.1. The van der Waals surface area contributed by atoms with E-state index in [0.29, 0.717) is 52.7 Å². The van der Waals surface area contributed by atoms with E-state index in [1.807, 2.05) is 12.1 Å². The molecule has 1 atom stereocenters. The Kier molecular flexibility index (Phi) is 11.6. The van der Waals surface area contributed by atoms with E-state index in [4.69, 9.17) is 54.5 Å². The zero-order chi connectivity index (χ0) is 31.3. The number of hydrogen-bond acceptors (Lipinski definition) is 10. The van der Waals surface area contributed by atoms with Gasteiger partial charge in [-0.05, 0) is 42.9 Å². The summed E-state index contributed by atoms with van der Waals surface area (Å²) in [5.74, 6) is 0.243. The van der Waals surface area contributed by atoms with Crippen LogP contribution in [0.1, 0.15) is 40.7 Å². The number of aryl methyl sites for hydroxylation is 1. The Morgan fingerprint density at radius 1 is 1.26 bits per heavy atom. The third kappa shape index (κ3) is 7.94. The van der Waals surface area contributed by atoms with Gasteiger partial charge < -0.3 is 10.1 Å². The number of thiocarbonyl (C=S) groups is 1. The summed E-state index contributed by atoms with van der Waals surface area (Å²) < 4.78 is 32.7. The van der Waals surface area contributed by atoms with Gasteiger partial charge in [0.05, 0.1) is 28.5 Å². The maximum atomic E-state index is 13.2. The number of thiazole rings is 1. The second-order valence-electron chi connectivity index (χ2n) is 8.97. The predicted molar refractivity (Wildman–Crippen MR) is 179 cm³/mol. The summed E-state index contributed by atoms with van der Waals surface area (Å²) >= 11 is 18.3. The fourth-order valence-corrected chi connectivity index (χ4v) is 6.72. The van der Waals surface area contributed by atoms with Gasteiger partial charge in [-0.15, -0.1) is 4.28 Å². The summed E-state index contributed by atoms with van der Waals surface area (Å²) in [5, 5.41) is 11.0. The SMILES string of the molecule is CCCSC(=S)Nc1sc(-n2nc(C)c(Cc3ccccc3N(C)OS(=O)O)c2C(=O)OC)nc1-c1ccc(Cl)c(Cl)c1. The van der Waals surface area contributed by atoms with E-state index in [-0.39, 0.29) is 12.1 Å². The topological polar surface area (TPSA) is 119 Å². The molecule has 228 valence electrons. The fourth-order valence-electron chi connectivity index (χ4n) is 4.16. The second kappa shape index (κ2) is 14.9. The lowest BCUT2D eigenvalue weighted by Gasteiger charge is -2.19. The summed E-state index contributed by atoms with van der Waals surface area (Å²) in [5.41, 5.74) is 3.86. The predicted octanol–water partition coefficient (Wildman–Crippen LogP) is 7.33. The molecule has 2 aromatic carbocycles. The van der Waals surface area contributed by atoms with Crippen molar-refractivity contribution in [3.8, 4) is 16.4 Å². The van der Waals surface area contributed by atoms with Gasteiger partial charge in [-0.1, -0.05) is 89.7 Å². The lowest BCUT2D eigenvalue weighted by Crippen LogP contribution is -2.20. The highest BCUT2D eigenvalue weighted by Crippen LogP contribution is 2.39.